The van der Waals surface area contributed by atoms with Crippen molar-refractivity contribution in [3.63, 3.8) is 0 Å². The lowest BCUT2D eigenvalue weighted by Crippen LogP contribution is -2.36. The van der Waals surface area contributed by atoms with Gasteiger partial charge in [0, 0.05) is 6.07 Å². The third-order valence-corrected chi connectivity index (χ3v) is 2.75. The number of hydrogen-bond acceptors (Lipinski definition) is 4. The van der Waals surface area contributed by atoms with E-state index in [4.69, 9.17) is 9.15 Å². The fourth-order valence-electron chi connectivity index (χ4n) is 1.82. The molecule has 4 nitrogen and oxygen atoms in total. The second-order valence-corrected chi connectivity index (χ2v) is 4.51. The molecule has 17 heavy (non-hydrogen) atoms. The lowest BCUT2D eigenvalue weighted by molar-refractivity contribution is 0.323. The van der Waals surface area contributed by atoms with Crippen LogP contribution in [0.4, 0.5) is 0 Å². The zero-order valence-corrected chi connectivity index (χ0v) is 10.7. The van der Waals surface area contributed by atoms with Gasteiger partial charge in [-0.3, -0.25) is 0 Å². The van der Waals surface area contributed by atoms with E-state index in [0.717, 1.165) is 23.4 Å². The molecule has 0 saturated carbocycles. The van der Waals surface area contributed by atoms with Gasteiger partial charge in [0.1, 0.15) is 11.3 Å². The Bertz CT molecular complexity index is 517. The molecule has 4 heteroatoms. The fourth-order valence-corrected chi connectivity index (χ4v) is 1.82. The number of ether oxygens (including phenoxy) is 1. The van der Waals surface area contributed by atoms with E-state index >= 15 is 0 Å². The minimum Gasteiger partial charge on any atom is -0.497 e. The van der Waals surface area contributed by atoms with Crippen LogP contribution in [-0.4, -0.2) is 18.6 Å². The molecule has 0 bridgehead atoms. The molecular weight excluding hydrogens is 216 g/mol. The van der Waals surface area contributed by atoms with Gasteiger partial charge >= 0.3 is 0 Å². The highest BCUT2D eigenvalue weighted by Gasteiger charge is 2.25. The first-order valence-corrected chi connectivity index (χ1v) is 5.77. The van der Waals surface area contributed by atoms with Gasteiger partial charge in [0.05, 0.1) is 12.6 Å². The van der Waals surface area contributed by atoms with E-state index in [1.807, 2.05) is 18.2 Å². The second-order valence-electron chi connectivity index (χ2n) is 4.51. The SMILES string of the molecule is CCNC(C)(C)c1nc2cc(OC)ccc2o1. The van der Waals surface area contributed by atoms with Crippen molar-refractivity contribution >= 4 is 11.1 Å². The molecule has 0 fully saturated rings. The van der Waals surface area contributed by atoms with Crippen molar-refractivity contribution in [1.82, 2.24) is 10.3 Å². The summed E-state index contributed by atoms with van der Waals surface area (Å²) in [5.74, 6) is 1.49. The summed E-state index contributed by atoms with van der Waals surface area (Å²) in [5.41, 5.74) is 1.35. The van der Waals surface area contributed by atoms with E-state index in [-0.39, 0.29) is 5.54 Å². The van der Waals surface area contributed by atoms with Crippen LogP contribution < -0.4 is 10.1 Å². The molecule has 92 valence electrons. The van der Waals surface area contributed by atoms with Crippen LogP contribution in [0, 0.1) is 0 Å². The summed E-state index contributed by atoms with van der Waals surface area (Å²) in [6, 6.07) is 5.63. The molecule has 2 rings (SSSR count). The van der Waals surface area contributed by atoms with Crippen LogP contribution in [0.15, 0.2) is 22.6 Å². The van der Waals surface area contributed by atoms with Crippen LogP contribution in [0.5, 0.6) is 5.75 Å². The maximum atomic E-state index is 5.76. The van der Waals surface area contributed by atoms with Gasteiger partial charge in [0.25, 0.3) is 0 Å². The first kappa shape index (κ1) is 11.9. The quantitative estimate of drug-likeness (QED) is 0.883. The largest absolute Gasteiger partial charge is 0.497 e. The molecule has 0 unspecified atom stereocenters. The Morgan fingerprint density at radius 3 is 2.82 bits per heavy atom. The highest BCUT2D eigenvalue weighted by Crippen LogP contribution is 2.26. The Hall–Kier alpha value is -1.55. The topological polar surface area (TPSA) is 47.3 Å². The molecule has 0 atom stereocenters. The van der Waals surface area contributed by atoms with Gasteiger partial charge in [-0.25, -0.2) is 4.98 Å². The highest BCUT2D eigenvalue weighted by molar-refractivity contribution is 5.74. The molecule has 0 amide bonds. The van der Waals surface area contributed by atoms with E-state index in [2.05, 4.69) is 31.1 Å². The van der Waals surface area contributed by atoms with Crippen LogP contribution in [0.1, 0.15) is 26.7 Å². The minimum atomic E-state index is -0.263. The van der Waals surface area contributed by atoms with Gasteiger partial charge in [-0.2, -0.15) is 0 Å². The smallest absolute Gasteiger partial charge is 0.215 e. The summed E-state index contributed by atoms with van der Waals surface area (Å²) in [6.45, 7) is 7.04. The lowest BCUT2D eigenvalue weighted by Gasteiger charge is -2.21. The van der Waals surface area contributed by atoms with E-state index in [1.165, 1.54) is 0 Å². The van der Waals surface area contributed by atoms with Gasteiger partial charge in [0.2, 0.25) is 5.89 Å². The van der Waals surface area contributed by atoms with Gasteiger partial charge in [-0.15, -0.1) is 0 Å². The van der Waals surface area contributed by atoms with Crippen LogP contribution in [-0.2, 0) is 5.54 Å². The molecule has 0 saturated heterocycles. The number of oxazole rings is 1. The zero-order chi connectivity index (χ0) is 12.5. The third-order valence-electron chi connectivity index (χ3n) is 2.75. The second kappa shape index (κ2) is 4.37. The average molecular weight is 234 g/mol. The number of hydrogen-bond donors (Lipinski definition) is 1. The molecule has 0 aliphatic carbocycles. The van der Waals surface area contributed by atoms with Crippen molar-refractivity contribution in [2.24, 2.45) is 0 Å². The molecular formula is C13H18N2O2. The predicted molar refractivity (Wildman–Crippen MR) is 67.3 cm³/mol. The maximum Gasteiger partial charge on any atom is 0.215 e. The van der Waals surface area contributed by atoms with Crippen LogP contribution in [0.2, 0.25) is 0 Å². The van der Waals surface area contributed by atoms with Gasteiger partial charge in [0.15, 0.2) is 5.58 Å². The summed E-state index contributed by atoms with van der Waals surface area (Å²) in [7, 11) is 1.64. The van der Waals surface area contributed by atoms with Crippen molar-refractivity contribution in [3.05, 3.63) is 24.1 Å². The number of benzene rings is 1. The first-order chi connectivity index (χ1) is 8.06. The highest BCUT2D eigenvalue weighted by atomic mass is 16.5. The Labute approximate surface area is 101 Å². The monoisotopic (exact) mass is 234 g/mol. The van der Waals surface area contributed by atoms with Gasteiger partial charge < -0.3 is 14.5 Å². The van der Waals surface area contributed by atoms with Crippen LogP contribution in [0.3, 0.4) is 0 Å². The molecule has 0 aliphatic rings. The molecule has 0 radical (unpaired) electrons. The zero-order valence-electron chi connectivity index (χ0n) is 10.7. The van der Waals surface area contributed by atoms with E-state index in [1.54, 1.807) is 7.11 Å². The Morgan fingerprint density at radius 1 is 1.41 bits per heavy atom. The van der Waals surface area contributed by atoms with Crippen molar-refractivity contribution in [1.29, 1.82) is 0 Å². The summed E-state index contributed by atoms with van der Waals surface area (Å²) in [5, 5.41) is 3.34. The summed E-state index contributed by atoms with van der Waals surface area (Å²) in [4.78, 5) is 4.50. The van der Waals surface area contributed by atoms with Crippen molar-refractivity contribution in [3.8, 4) is 5.75 Å². The Balaban J connectivity index is 2.44. The predicted octanol–water partition coefficient (Wildman–Crippen LogP) is 2.68. The van der Waals surface area contributed by atoms with Crippen molar-refractivity contribution < 1.29 is 9.15 Å². The molecule has 1 aromatic carbocycles. The van der Waals surface area contributed by atoms with E-state index < -0.39 is 0 Å². The summed E-state index contributed by atoms with van der Waals surface area (Å²) in [6.07, 6.45) is 0. The molecule has 2 aromatic rings. The number of nitrogens with zero attached hydrogens (tertiary/aromatic N) is 1. The number of aromatic nitrogens is 1. The molecule has 0 aliphatic heterocycles. The van der Waals surface area contributed by atoms with Gasteiger partial charge in [-0.05, 0) is 32.5 Å². The van der Waals surface area contributed by atoms with E-state index in [9.17, 15) is 0 Å². The molecule has 0 spiro atoms. The van der Waals surface area contributed by atoms with Crippen LogP contribution >= 0.6 is 0 Å². The summed E-state index contributed by atoms with van der Waals surface area (Å²) >= 11 is 0. The Morgan fingerprint density at radius 2 is 2.18 bits per heavy atom. The molecule has 1 heterocycles. The fraction of sp³-hybridized carbons (Fsp3) is 0.462. The van der Waals surface area contributed by atoms with Crippen molar-refractivity contribution in [2.45, 2.75) is 26.3 Å². The number of fused-ring (bicyclic) bond motifs is 1. The minimum absolute atomic E-state index is 0.263. The van der Waals surface area contributed by atoms with Crippen molar-refractivity contribution in [2.75, 3.05) is 13.7 Å². The van der Waals surface area contributed by atoms with E-state index in [0.29, 0.717) is 5.89 Å². The molecule has 1 N–H and O–H groups in total. The summed E-state index contributed by atoms with van der Waals surface area (Å²) < 4.78 is 10.9. The van der Waals surface area contributed by atoms with Crippen LogP contribution in [0.25, 0.3) is 11.1 Å². The first-order valence-electron chi connectivity index (χ1n) is 5.77. The number of methoxy groups -OCH3 is 1. The molecule has 1 aromatic heterocycles. The maximum absolute atomic E-state index is 5.76. The van der Waals surface area contributed by atoms with Gasteiger partial charge in [-0.1, -0.05) is 6.92 Å². The third kappa shape index (κ3) is 2.26. The number of rotatable bonds is 4. The standard InChI is InChI=1S/C13H18N2O2/c1-5-14-13(2,3)12-15-10-8-9(16-4)6-7-11(10)17-12/h6-8,14H,5H2,1-4H3. The lowest BCUT2D eigenvalue weighted by atomic mass is 10.1. The normalized spacial score (nSPS) is 12.0. The Kier molecular flexibility index (Phi) is 3.07. The average Bonchev–Trinajstić information content (AvgIpc) is 2.72. The number of nitrogens with one attached hydrogen (secondary N) is 1.